The van der Waals surface area contributed by atoms with E-state index in [0.717, 1.165) is 42.9 Å². The van der Waals surface area contributed by atoms with E-state index in [-0.39, 0.29) is 17.1 Å². The van der Waals surface area contributed by atoms with Crippen molar-refractivity contribution in [2.75, 3.05) is 21.3 Å². The lowest BCUT2D eigenvalue weighted by Gasteiger charge is -2.16. The summed E-state index contributed by atoms with van der Waals surface area (Å²) in [5.74, 6) is 0.0971. The minimum absolute atomic E-state index is 0.0452. The Bertz CT molecular complexity index is 1120. The van der Waals surface area contributed by atoms with Crippen LogP contribution in [0.3, 0.4) is 0 Å². The Morgan fingerprint density at radius 2 is 1.09 bits per heavy atom. The molecule has 6 nitrogen and oxygen atoms in total. The number of aliphatic hydroxyl groups is 3. The fraction of sp³-hybridized carbons (Fsp3) is 0.148. The number of phenolic OH excluding ortho intramolecular Hbond substituents is 2. The Morgan fingerprint density at radius 1 is 0.697 bits per heavy atom. The van der Waals surface area contributed by atoms with E-state index >= 15 is 0 Å². The lowest BCUT2D eigenvalue weighted by Crippen LogP contribution is -1.97. The normalized spacial score (nSPS) is 9.52. The second kappa shape index (κ2) is 13.6. The number of carbonyl (C=O) groups excluding carboxylic acids is 1. The van der Waals surface area contributed by atoms with Gasteiger partial charge in [0.15, 0.2) is 6.29 Å². The molecule has 0 atom stereocenters. The molecule has 4 aromatic carbocycles. The topological polar surface area (TPSA) is 118 Å². The van der Waals surface area contributed by atoms with Gasteiger partial charge in [-0.15, -0.1) is 0 Å². The summed E-state index contributed by atoms with van der Waals surface area (Å²) in [6, 6.07) is 19.0. The standard InChI is InChI=1S/C24H18O3.3CH4O/c1-2-15-11-16-7-3-5-9-19(16)21(23(15)26)13-22-20-10-6-4-8-17(20)12-18(14-25)24(22)27;3*1-2/h2-12,14,26-27H,1,13H2;3*2H,1H3. The van der Waals surface area contributed by atoms with Gasteiger partial charge in [-0.05, 0) is 33.7 Å². The number of hydrogen-bond donors (Lipinski definition) is 5. The van der Waals surface area contributed by atoms with E-state index in [4.69, 9.17) is 15.3 Å². The molecule has 0 saturated heterocycles. The van der Waals surface area contributed by atoms with E-state index < -0.39 is 0 Å². The maximum absolute atomic E-state index is 11.4. The Labute approximate surface area is 193 Å². The molecule has 0 aliphatic heterocycles. The second-order valence-electron chi connectivity index (χ2n) is 6.53. The Kier molecular flexibility index (Phi) is 11.3. The van der Waals surface area contributed by atoms with Crippen molar-refractivity contribution in [1.29, 1.82) is 0 Å². The van der Waals surface area contributed by atoms with Crippen LogP contribution in [0.1, 0.15) is 27.0 Å². The second-order valence-corrected chi connectivity index (χ2v) is 6.53. The maximum Gasteiger partial charge on any atom is 0.153 e. The molecule has 0 aliphatic rings. The molecule has 0 saturated carbocycles. The van der Waals surface area contributed by atoms with Gasteiger partial charge in [0.1, 0.15) is 11.5 Å². The first kappa shape index (κ1) is 27.3. The molecule has 0 bridgehead atoms. The van der Waals surface area contributed by atoms with Crippen molar-refractivity contribution in [2.45, 2.75) is 6.42 Å². The summed E-state index contributed by atoms with van der Waals surface area (Å²) in [6.07, 6.45) is 2.57. The van der Waals surface area contributed by atoms with Crippen LogP contribution in [0.5, 0.6) is 11.5 Å². The number of rotatable bonds is 4. The third-order valence-corrected chi connectivity index (χ3v) is 5.01. The first-order chi connectivity index (χ1) is 16.1. The Hall–Kier alpha value is -3.71. The average molecular weight is 451 g/mol. The number of aliphatic hydroxyl groups excluding tert-OH is 3. The molecule has 33 heavy (non-hydrogen) atoms. The largest absolute Gasteiger partial charge is 0.507 e. The van der Waals surface area contributed by atoms with Crippen molar-refractivity contribution in [3.8, 4) is 11.5 Å². The summed E-state index contributed by atoms with van der Waals surface area (Å²) in [7, 11) is 3.00. The predicted octanol–water partition coefficient (Wildman–Crippen LogP) is 4.28. The van der Waals surface area contributed by atoms with E-state index in [9.17, 15) is 15.0 Å². The number of carbonyl (C=O) groups is 1. The fourth-order valence-corrected chi connectivity index (χ4v) is 3.65. The van der Waals surface area contributed by atoms with Gasteiger partial charge < -0.3 is 25.5 Å². The van der Waals surface area contributed by atoms with Crippen LogP contribution in [0.25, 0.3) is 27.6 Å². The van der Waals surface area contributed by atoms with Gasteiger partial charge in [-0.1, -0.05) is 61.2 Å². The molecule has 0 fully saturated rings. The molecule has 0 aliphatic carbocycles. The van der Waals surface area contributed by atoms with Crippen LogP contribution in [-0.4, -0.2) is 53.1 Å². The minimum Gasteiger partial charge on any atom is -0.507 e. The van der Waals surface area contributed by atoms with Crippen LogP contribution in [0.4, 0.5) is 0 Å². The van der Waals surface area contributed by atoms with Crippen molar-refractivity contribution in [3.63, 3.8) is 0 Å². The zero-order chi connectivity index (χ0) is 25.0. The molecule has 0 amide bonds. The van der Waals surface area contributed by atoms with Gasteiger partial charge in [0, 0.05) is 44.4 Å². The summed E-state index contributed by atoms with van der Waals surface area (Å²) in [5, 5.41) is 46.1. The minimum atomic E-state index is -0.0452. The van der Waals surface area contributed by atoms with Crippen LogP contribution >= 0.6 is 0 Å². The van der Waals surface area contributed by atoms with Gasteiger partial charge in [0.05, 0.1) is 5.56 Å². The molecule has 6 heteroatoms. The van der Waals surface area contributed by atoms with Crippen molar-refractivity contribution < 1.29 is 30.3 Å². The van der Waals surface area contributed by atoms with Gasteiger partial charge >= 0.3 is 0 Å². The highest BCUT2D eigenvalue weighted by Crippen LogP contribution is 2.38. The van der Waals surface area contributed by atoms with E-state index in [0.29, 0.717) is 29.4 Å². The van der Waals surface area contributed by atoms with Crippen molar-refractivity contribution in [2.24, 2.45) is 0 Å². The highest BCUT2D eigenvalue weighted by atomic mass is 16.3. The Morgan fingerprint density at radius 3 is 1.52 bits per heavy atom. The summed E-state index contributed by atoms with van der Waals surface area (Å²) in [5.41, 5.74) is 2.20. The molecule has 0 radical (unpaired) electrons. The lowest BCUT2D eigenvalue weighted by molar-refractivity contribution is 0.112. The number of aldehydes is 1. The molecule has 174 valence electrons. The quantitative estimate of drug-likeness (QED) is 0.296. The SMILES string of the molecule is C=Cc1cc2ccccc2c(Cc2c(O)c(C=O)cc3ccccc23)c1O.CO.CO.CO. The van der Waals surface area contributed by atoms with E-state index in [2.05, 4.69) is 6.58 Å². The van der Waals surface area contributed by atoms with E-state index in [1.165, 1.54) is 0 Å². The summed E-state index contributed by atoms with van der Waals surface area (Å²) < 4.78 is 0. The van der Waals surface area contributed by atoms with Crippen molar-refractivity contribution >= 4 is 33.9 Å². The number of hydrogen-bond acceptors (Lipinski definition) is 6. The molecule has 0 heterocycles. The predicted molar refractivity (Wildman–Crippen MR) is 134 cm³/mol. The van der Waals surface area contributed by atoms with Crippen LogP contribution in [0.15, 0.2) is 67.2 Å². The lowest BCUT2D eigenvalue weighted by atomic mass is 9.90. The van der Waals surface area contributed by atoms with Crippen LogP contribution in [0.2, 0.25) is 0 Å². The first-order valence-electron chi connectivity index (χ1n) is 10.0. The van der Waals surface area contributed by atoms with Crippen LogP contribution < -0.4 is 0 Å². The molecule has 0 unspecified atom stereocenters. The fourth-order valence-electron chi connectivity index (χ4n) is 3.65. The maximum atomic E-state index is 11.4. The zero-order valence-electron chi connectivity index (χ0n) is 19.0. The van der Waals surface area contributed by atoms with Crippen molar-refractivity contribution in [3.05, 3.63) is 89.5 Å². The number of aromatic hydroxyl groups is 2. The average Bonchev–Trinajstić information content (AvgIpc) is 2.90. The van der Waals surface area contributed by atoms with Crippen LogP contribution in [0, 0.1) is 0 Å². The highest BCUT2D eigenvalue weighted by Gasteiger charge is 2.17. The number of fused-ring (bicyclic) bond motifs is 2. The summed E-state index contributed by atoms with van der Waals surface area (Å²) in [4.78, 5) is 11.4. The highest BCUT2D eigenvalue weighted by molar-refractivity contribution is 5.97. The first-order valence-corrected chi connectivity index (χ1v) is 10.0. The van der Waals surface area contributed by atoms with Gasteiger partial charge in [0.2, 0.25) is 0 Å². The van der Waals surface area contributed by atoms with Crippen molar-refractivity contribution in [1.82, 2.24) is 0 Å². The summed E-state index contributed by atoms with van der Waals surface area (Å²) >= 11 is 0. The molecule has 4 rings (SSSR count). The molecular weight excluding hydrogens is 420 g/mol. The van der Waals surface area contributed by atoms with Crippen LogP contribution in [-0.2, 0) is 6.42 Å². The molecule has 0 spiro atoms. The molecule has 4 aromatic rings. The number of benzene rings is 4. The smallest absolute Gasteiger partial charge is 0.153 e. The number of phenols is 2. The third-order valence-electron chi connectivity index (χ3n) is 5.01. The van der Waals surface area contributed by atoms with Gasteiger partial charge in [-0.3, -0.25) is 4.79 Å². The molecule has 5 N–H and O–H groups in total. The van der Waals surface area contributed by atoms with Gasteiger partial charge in [-0.25, -0.2) is 0 Å². The van der Waals surface area contributed by atoms with E-state index in [1.54, 1.807) is 12.1 Å². The van der Waals surface area contributed by atoms with E-state index in [1.807, 2.05) is 54.6 Å². The Balaban J connectivity index is 0.000000841. The monoisotopic (exact) mass is 450 g/mol. The molecular formula is C27H30O6. The molecule has 0 aromatic heterocycles. The third kappa shape index (κ3) is 5.75. The van der Waals surface area contributed by atoms with Gasteiger partial charge in [-0.2, -0.15) is 0 Å². The zero-order valence-corrected chi connectivity index (χ0v) is 19.0. The van der Waals surface area contributed by atoms with Gasteiger partial charge in [0.25, 0.3) is 0 Å². The summed E-state index contributed by atoms with van der Waals surface area (Å²) in [6.45, 7) is 3.79.